The summed E-state index contributed by atoms with van der Waals surface area (Å²) in [5.74, 6) is 0.429. The maximum Gasteiger partial charge on any atom is 0.257 e. The molecular formula is C10H18N4O3S. The fourth-order valence-electron chi connectivity index (χ4n) is 1.32. The van der Waals surface area contributed by atoms with Crippen molar-refractivity contribution in [2.45, 2.75) is 31.7 Å². The van der Waals surface area contributed by atoms with E-state index in [9.17, 15) is 13.2 Å². The van der Waals surface area contributed by atoms with Gasteiger partial charge in [-0.1, -0.05) is 6.92 Å². The van der Waals surface area contributed by atoms with Gasteiger partial charge in [-0.15, -0.1) is 0 Å². The van der Waals surface area contributed by atoms with Gasteiger partial charge in [0.2, 0.25) is 5.91 Å². The van der Waals surface area contributed by atoms with E-state index >= 15 is 0 Å². The Morgan fingerprint density at radius 2 is 2.17 bits per heavy atom. The second-order valence-electron chi connectivity index (χ2n) is 3.65. The van der Waals surface area contributed by atoms with E-state index in [1.165, 1.54) is 6.20 Å². The number of hydrogen-bond acceptors (Lipinski definition) is 4. The first-order valence-corrected chi connectivity index (χ1v) is 7.28. The van der Waals surface area contributed by atoms with Crippen molar-refractivity contribution in [1.82, 2.24) is 20.0 Å². The number of carbonyl (C=O) groups excluding carboxylic acids is 1. The number of nitrogens with zero attached hydrogens (tertiary/aromatic N) is 1. The fraction of sp³-hybridized carbons (Fsp3) is 0.600. The Labute approximate surface area is 106 Å². The predicted octanol–water partition coefficient (Wildman–Crippen LogP) is -0.223. The summed E-state index contributed by atoms with van der Waals surface area (Å²) < 4.78 is 25.9. The van der Waals surface area contributed by atoms with Crippen LogP contribution in [0.15, 0.2) is 11.2 Å². The van der Waals surface area contributed by atoms with Gasteiger partial charge in [-0.25, -0.2) is 18.1 Å². The Balaban J connectivity index is 2.52. The largest absolute Gasteiger partial charge is 0.356 e. The number of aromatic nitrogens is 2. The lowest BCUT2D eigenvalue weighted by Crippen LogP contribution is -2.30. The first-order valence-electron chi connectivity index (χ1n) is 5.79. The molecule has 1 rings (SSSR count). The van der Waals surface area contributed by atoms with Crippen molar-refractivity contribution >= 4 is 15.9 Å². The fourth-order valence-corrected chi connectivity index (χ4v) is 2.29. The van der Waals surface area contributed by atoms with Crippen molar-refractivity contribution in [3.8, 4) is 0 Å². The van der Waals surface area contributed by atoms with Crippen LogP contribution >= 0.6 is 0 Å². The van der Waals surface area contributed by atoms with Crippen LogP contribution in [0.5, 0.6) is 0 Å². The minimum Gasteiger partial charge on any atom is -0.356 e. The molecule has 3 N–H and O–H groups in total. The van der Waals surface area contributed by atoms with Crippen LogP contribution in [0.3, 0.4) is 0 Å². The molecule has 0 aliphatic heterocycles. The maximum atomic E-state index is 11.8. The van der Waals surface area contributed by atoms with E-state index in [4.69, 9.17) is 0 Å². The molecule has 0 aliphatic carbocycles. The number of H-pyrrole nitrogens is 1. The van der Waals surface area contributed by atoms with E-state index in [0.29, 0.717) is 18.8 Å². The highest BCUT2D eigenvalue weighted by molar-refractivity contribution is 7.89. The van der Waals surface area contributed by atoms with Crippen molar-refractivity contribution in [3.05, 3.63) is 12.0 Å². The number of nitrogens with one attached hydrogen (secondary N) is 3. The van der Waals surface area contributed by atoms with E-state index in [-0.39, 0.29) is 23.9 Å². The number of carbonyl (C=O) groups is 1. The summed E-state index contributed by atoms with van der Waals surface area (Å²) in [6.45, 7) is 4.28. The standard InChI is InChI=1S/C10H18N4O3S/c1-3-8-12-7-10(14-8)18(16,17)13-6-5-9(15)11-4-2/h7,13H,3-6H2,1-2H3,(H,11,15)(H,12,14). The van der Waals surface area contributed by atoms with Crippen molar-refractivity contribution < 1.29 is 13.2 Å². The molecule has 0 aromatic carbocycles. The highest BCUT2D eigenvalue weighted by Crippen LogP contribution is 2.05. The van der Waals surface area contributed by atoms with E-state index < -0.39 is 10.0 Å². The summed E-state index contributed by atoms with van der Waals surface area (Å²) in [7, 11) is -3.61. The number of sulfonamides is 1. The molecule has 1 aromatic heterocycles. The molecule has 0 aliphatic rings. The number of aromatic amines is 1. The maximum absolute atomic E-state index is 11.8. The minimum atomic E-state index is -3.61. The molecule has 0 unspecified atom stereocenters. The lowest BCUT2D eigenvalue weighted by molar-refractivity contribution is -0.120. The van der Waals surface area contributed by atoms with Crippen LogP contribution in [-0.4, -0.2) is 37.4 Å². The Morgan fingerprint density at radius 1 is 1.44 bits per heavy atom. The molecule has 1 heterocycles. The van der Waals surface area contributed by atoms with Crippen LogP contribution < -0.4 is 10.0 Å². The topological polar surface area (TPSA) is 104 Å². The molecular weight excluding hydrogens is 256 g/mol. The number of aryl methyl sites for hydroxylation is 1. The molecule has 0 saturated carbocycles. The van der Waals surface area contributed by atoms with Gasteiger partial charge in [-0.2, -0.15) is 0 Å². The van der Waals surface area contributed by atoms with Gasteiger partial charge in [0.15, 0.2) is 5.03 Å². The van der Waals surface area contributed by atoms with Crippen molar-refractivity contribution in [2.24, 2.45) is 0 Å². The zero-order valence-corrected chi connectivity index (χ0v) is 11.3. The van der Waals surface area contributed by atoms with Crippen LogP contribution in [0.4, 0.5) is 0 Å². The van der Waals surface area contributed by atoms with E-state index in [0.717, 1.165) is 0 Å². The third-order valence-electron chi connectivity index (χ3n) is 2.25. The van der Waals surface area contributed by atoms with E-state index in [1.807, 2.05) is 6.92 Å². The Kier molecular flexibility index (Phi) is 5.29. The SMILES string of the molecule is CCNC(=O)CCNS(=O)(=O)c1cnc(CC)[nH]1. The van der Waals surface area contributed by atoms with Crippen molar-refractivity contribution in [3.63, 3.8) is 0 Å². The first-order chi connectivity index (χ1) is 8.49. The monoisotopic (exact) mass is 274 g/mol. The first kappa shape index (κ1) is 14.7. The number of imidazole rings is 1. The van der Waals surface area contributed by atoms with Crippen LogP contribution in [-0.2, 0) is 21.2 Å². The lowest BCUT2D eigenvalue weighted by atomic mass is 10.4. The quantitative estimate of drug-likeness (QED) is 0.639. The second kappa shape index (κ2) is 6.50. The van der Waals surface area contributed by atoms with E-state index in [1.54, 1.807) is 6.92 Å². The predicted molar refractivity (Wildman–Crippen MR) is 66.5 cm³/mol. The third kappa shape index (κ3) is 4.11. The molecule has 7 nitrogen and oxygen atoms in total. The van der Waals surface area contributed by atoms with Gasteiger partial charge in [0.25, 0.3) is 10.0 Å². The number of amides is 1. The smallest absolute Gasteiger partial charge is 0.257 e. The number of hydrogen-bond donors (Lipinski definition) is 3. The van der Waals surface area contributed by atoms with Gasteiger partial charge in [0.05, 0.1) is 6.20 Å². The molecule has 0 atom stereocenters. The summed E-state index contributed by atoms with van der Waals surface area (Å²) in [5, 5.41) is 2.61. The average Bonchev–Trinajstić information content (AvgIpc) is 2.78. The Hall–Kier alpha value is -1.41. The summed E-state index contributed by atoms with van der Waals surface area (Å²) in [5.41, 5.74) is 0. The zero-order chi connectivity index (χ0) is 13.6. The van der Waals surface area contributed by atoms with Crippen LogP contribution in [0.2, 0.25) is 0 Å². The minimum absolute atomic E-state index is 0.0234. The Bertz CT molecular complexity index is 495. The van der Waals surface area contributed by atoms with Crippen molar-refractivity contribution in [1.29, 1.82) is 0 Å². The van der Waals surface area contributed by atoms with Gasteiger partial charge >= 0.3 is 0 Å². The highest BCUT2D eigenvalue weighted by Gasteiger charge is 2.16. The van der Waals surface area contributed by atoms with Gasteiger partial charge in [-0.05, 0) is 6.92 Å². The van der Waals surface area contributed by atoms with E-state index in [2.05, 4.69) is 20.0 Å². The Morgan fingerprint density at radius 3 is 2.72 bits per heavy atom. The molecule has 1 amide bonds. The number of rotatable bonds is 7. The normalized spacial score (nSPS) is 11.4. The average molecular weight is 274 g/mol. The second-order valence-corrected chi connectivity index (χ2v) is 5.38. The van der Waals surface area contributed by atoms with Gasteiger partial charge in [0, 0.05) is 25.9 Å². The third-order valence-corrected chi connectivity index (χ3v) is 3.62. The van der Waals surface area contributed by atoms with Crippen LogP contribution in [0.25, 0.3) is 0 Å². The van der Waals surface area contributed by atoms with Gasteiger partial charge in [-0.3, -0.25) is 4.79 Å². The van der Waals surface area contributed by atoms with Crippen LogP contribution in [0, 0.1) is 0 Å². The molecule has 0 bridgehead atoms. The molecule has 1 aromatic rings. The molecule has 0 spiro atoms. The van der Waals surface area contributed by atoms with Crippen molar-refractivity contribution in [2.75, 3.05) is 13.1 Å². The van der Waals surface area contributed by atoms with Gasteiger partial charge in [0.1, 0.15) is 5.82 Å². The molecule has 0 fully saturated rings. The van der Waals surface area contributed by atoms with Crippen LogP contribution in [0.1, 0.15) is 26.1 Å². The molecule has 102 valence electrons. The molecule has 18 heavy (non-hydrogen) atoms. The molecule has 0 saturated heterocycles. The lowest BCUT2D eigenvalue weighted by Gasteiger charge is -2.04. The van der Waals surface area contributed by atoms with Gasteiger partial charge < -0.3 is 10.3 Å². The summed E-state index contributed by atoms with van der Waals surface area (Å²) >= 11 is 0. The zero-order valence-electron chi connectivity index (χ0n) is 10.5. The molecule has 8 heteroatoms. The summed E-state index contributed by atoms with van der Waals surface area (Å²) in [4.78, 5) is 17.8. The summed E-state index contributed by atoms with van der Waals surface area (Å²) in [6.07, 6.45) is 2.02. The highest BCUT2D eigenvalue weighted by atomic mass is 32.2. The molecule has 0 radical (unpaired) electrons. The summed E-state index contributed by atoms with van der Waals surface area (Å²) in [6, 6.07) is 0.